The molecule has 13 heavy (non-hydrogen) atoms. The van der Waals surface area contributed by atoms with Gasteiger partial charge in [0.05, 0.1) is 12.2 Å². The number of rotatable bonds is 3. The Kier molecular flexibility index (Phi) is 2.49. The van der Waals surface area contributed by atoms with Gasteiger partial charge in [0, 0.05) is 19.5 Å². The van der Waals surface area contributed by atoms with Crippen LogP contribution in [0.4, 0.5) is 0 Å². The summed E-state index contributed by atoms with van der Waals surface area (Å²) in [6.45, 7) is 4.57. The molecule has 0 aliphatic carbocycles. The van der Waals surface area contributed by atoms with Gasteiger partial charge in [0.1, 0.15) is 5.76 Å². The Hall–Kier alpha value is -1.03. The maximum absolute atomic E-state index is 5.45. The van der Waals surface area contributed by atoms with E-state index >= 15 is 0 Å². The first-order chi connectivity index (χ1) is 6.42. The van der Waals surface area contributed by atoms with Crippen molar-refractivity contribution in [1.29, 1.82) is 0 Å². The predicted octanol–water partition coefficient (Wildman–Crippen LogP) is 1.11. The molecule has 1 aliphatic rings. The van der Waals surface area contributed by atoms with Crippen LogP contribution in [0.5, 0.6) is 5.88 Å². The summed E-state index contributed by atoms with van der Waals surface area (Å²) in [6, 6.07) is 0. The van der Waals surface area contributed by atoms with Crippen LogP contribution in [0.1, 0.15) is 24.7 Å². The van der Waals surface area contributed by atoms with Crippen LogP contribution in [-0.4, -0.2) is 18.3 Å². The fourth-order valence-electron chi connectivity index (χ4n) is 1.42. The van der Waals surface area contributed by atoms with Gasteiger partial charge < -0.3 is 14.6 Å². The van der Waals surface area contributed by atoms with Crippen molar-refractivity contribution < 1.29 is 9.26 Å². The van der Waals surface area contributed by atoms with Crippen LogP contribution < -0.4 is 10.1 Å². The molecule has 72 valence electrons. The van der Waals surface area contributed by atoms with E-state index in [1.165, 1.54) is 0 Å². The fourth-order valence-corrected chi connectivity index (χ4v) is 1.42. The van der Waals surface area contributed by atoms with Gasteiger partial charge in [-0.05, 0) is 11.6 Å². The number of hydrogen-bond acceptors (Lipinski definition) is 4. The third-order valence-corrected chi connectivity index (χ3v) is 2.11. The van der Waals surface area contributed by atoms with Gasteiger partial charge >= 0.3 is 0 Å². The molecule has 0 saturated carbocycles. The zero-order valence-corrected chi connectivity index (χ0v) is 7.80. The molecule has 2 rings (SSSR count). The van der Waals surface area contributed by atoms with Crippen molar-refractivity contribution in [3.8, 4) is 5.88 Å². The third kappa shape index (κ3) is 1.67. The Bertz CT molecular complexity index is 283. The van der Waals surface area contributed by atoms with Crippen molar-refractivity contribution in [3.05, 3.63) is 11.3 Å². The second-order valence-corrected chi connectivity index (χ2v) is 3.16. The molecule has 1 aromatic heterocycles. The van der Waals surface area contributed by atoms with Crippen molar-refractivity contribution in [2.24, 2.45) is 0 Å². The lowest BCUT2D eigenvalue weighted by atomic mass is 10.1. The molecule has 0 aromatic carbocycles. The number of nitrogens with one attached hydrogen (secondary N) is 1. The summed E-state index contributed by atoms with van der Waals surface area (Å²) < 4.78 is 10.6. The Balaban J connectivity index is 2.12. The molecule has 2 heterocycles. The molecule has 0 amide bonds. The summed E-state index contributed by atoms with van der Waals surface area (Å²) in [7, 11) is 0. The molecule has 4 nitrogen and oxygen atoms in total. The van der Waals surface area contributed by atoms with Gasteiger partial charge in [0.25, 0.3) is 5.88 Å². The maximum atomic E-state index is 5.45. The van der Waals surface area contributed by atoms with E-state index in [4.69, 9.17) is 9.26 Å². The van der Waals surface area contributed by atoms with E-state index in [-0.39, 0.29) is 0 Å². The highest BCUT2D eigenvalue weighted by atomic mass is 16.5. The van der Waals surface area contributed by atoms with E-state index < -0.39 is 0 Å². The summed E-state index contributed by atoms with van der Waals surface area (Å²) in [5.74, 6) is 1.65. The van der Waals surface area contributed by atoms with Crippen molar-refractivity contribution >= 4 is 0 Å². The van der Waals surface area contributed by atoms with Gasteiger partial charge in [-0.1, -0.05) is 6.92 Å². The Morgan fingerprint density at radius 2 is 2.54 bits per heavy atom. The maximum Gasteiger partial charge on any atom is 0.258 e. The first-order valence-corrected chi connectivity index (χ1v) is 4.72. The van der Waals surface area contributed by atoms with Crippen molar-refractivity contribution in [2.75, 3.05) is 13.2 Å². The third-order valence-electron chi connectivity index (χ3n) is 2.11. The first-order valence-electron chi connectivity index (χ1n) is 4.72. The summed E-state index contributed by atoms with van der Waals surface area (Å²) in [6.07, 6.45) is 1.91. The van der Waals surface area contributed by atoms with Gasteiger partial charge in [-0.3, -0.25) is 0 Å². The molecular weight excluding hydrogens is 168 g/mol. The highest BCUT2D eigenvalue weighted by Gasteiger charge is 2.19. The van der Waals surface area contributed by atoms with Crippen molar-refractivity contribution in [3.63, 3.8) is 0 Å². The minimum Gasteiger partial charge on any atom is -0.475 e. The largest absolute Gasteiger partial charge is 0.475 e. The number of hydrogen-bond donors (Lipinski definition) is 1. The van der Waals surface area contributed by atoms with E-state index in [2.05, 4.69) is 17.4 Å². The smallest absolute Gasteiger partial charge is 0.258 e. The van der Waals surface area contributed by atoms with Gasteiger partial charge in [0.2, 0.25) is 0 Å². The van der Waals surface area contributed by atoms with Crippen LogP contribution >= 0.6 is 0 Å². The number of ether oxygens (including phenoxy) is 1. The molecule has 0 atom stereocenters. The predicted molar refractivity (Wildman–Crippen MR) is 47.7 cm³/mol. The van der Waals surface area contributed by atoms with Crippen LogP contribution in [-0.2, 0) is 13.0 Å². The monoisotopic (exact) mass is 182 g/mol. The summed E-state index contributed by atoms with van der Waals surface area (Å²) >= 11 is 0. The van der Waals surface area contributed by atoms with Gasteiger partial charge in [-0.25, -0.2) is 0 Å². The minimum atomic E-state index is 0.670. The highest BCUT2D eigenvalue weighted by molar-refractivity contribution is 5.29. The van der Waals surface area contributed by atoms with Crippen molar-refractivity contribution in [1.82, 2.24) is 10.5 Å². The van der Waals surface area contributed by atoms with Crippen LogP contribution in [0.25, 0.3) is 0 Å². The lowest BCUT2D eigenvalue weighted by Crippen LogP contribution is -2.22. The molecule has 1 aliphatic heterocycles. The first kappa shape index (κ1) is 8.56. The Morgan fingerprint density at radius 3 is 3.38 bits per heavy atom. The van der Waals surface area contributed by atoms with Gasteiger partial charge in [-0.15, -0.1) is 0 Å². The van der Waals surface area contributed by atoms with E-state index in [0.717, 1.165) is 37.3 Å². The zero-order valence-electron chi connectivity index (χ0n) is 7.80. The second kappa shape index (κ2) is 3.79. The van der Waals surface area contributed by atoms with Crippen LogP contribution in [0, 0.1) is 0 Å². The van der Waals surface area contributed by atoms with Crippen LogP contribution in [0.2, 0.25) is 0 Å². The van der Waals surface area contributed by atoms with E-state index in [0.29, 0.717) is 12.5 Å². The van der Waals surface area contributed by atoms with E-state index in [1.54, 1.807) is 0 Å². The Morgan fingerprint density at radius 1 is 1.62 bits per heavy atom. The molecular formula is C9H14N2O2. The molecule has 4 heteroatoms. The lowest BCUT2D eigenvalue weighted by Gasteiger charge is -2.10. The topological polar surface area (TPSA) is 47.3 Å². The molecule has 0 bridgehead atoms. The summed E-state index contributed by atoms with van der Waals surface area (Å²) in [4.78, 5) is 0. The standard InChI is InChI=1S/C9H14N2O2/c1-2-5-12-9-7-6-10-4-3-8(7)13-11-9/h10H,2-6H2,1H3. The minimum absolute atomic E-state index is 0.670. The average molecular weight is 182 g/mol. The quantitative estimate of drug-likeness (QED) is 0.760. The highest BCUT2D eigenvalue weighted by Crippen LogP contribution is 2.23. The zero-order chi connectivity index (χ0) is 9.10. The molecule has 0 unspecified atom stereocenters. The van der Waals surface area contributed by atoms with Crippen molar-refractivity contribution in [2.45, 2.75) is 26.3 Å². The van der Waals surface area contributed by atoms with E-state index in [9.17, 15) is 0 Å². The van der Waals surface area contributed by atoms with Crippen LogP contribution in [0.3, 0.4) is 0 Å². The molecule has 0 spiro atoms. The molecule has 1 N–H and O–H groups in total. The number of fused-ring (bicyclic) bond motifs is 1. The summed E-state index contributed by atoms with van der Waals surface area (Å²) in [5.41, 5.74) is 1.10. The Labute approximate surface area is 77.2 Å². The average Bonchev–Trinajstić information content (AvgIpc) is 2.58. The molecule has 0 radical (unpaired) electrons. The van der Waals surface area contributed by atoms with E-state index in [1.807, 2.05) is 0 Å². The SMILES string of the molecule is CCCOc1noc2c1CNCC2. The second-order valence-electron chi connectivity index (χ2n) is 3.16. The van der Waals surface area contributed by atoms with Gasteiger partial charge in [-0.2, -0.15) is 0 Å². The molecule has 0 fully saturated rings. The fraction of sp³-hybridized carbons (Fsp3) is 0.667. The number of nitrogens with zero attached hydrogens (tertiary/aromatic N) is 1. The normalized spacial score (nSPS) is 15.5. The van der Waals surface area contributed by atoms with Gasteiger partial charge in [0.15, 0.2) is 0 Å². The molecule has 1 aromatic rings. The van der Waals surface area contributed by atoms with Crippen LogP contribution in [0.15, 0.2) is 4.52 Å². The lowest BCUT2D eigenvalue weighted by molar-refractivity contribution is 0.275. The summed E-state index contributed by atoms with van der Waals surface area (Å²) in [5, 5.41) is 7.16. The number of aromatic nitrogens is 1. The molecule has 0 saturated heterocycles.